The Labute approximate surface area is 155 Å². The van der Waals surface area contributed by atoms with Crippen molar-refractivity contribution >= 4 is 5.91 Å². The lowest BCUT2D eigenvalue weighted by molar-refractivity contribution is -0.120. The van der Waals surface area contributed by atoms with E-state index >= 15 is 0 Å². The van der Waals surface area contributed by atoms with Gasteiger partial charge in [-0.25, -0.2) is 0 Å². The fourth-order valence-electron chi connectivity index (χ4n) is 2.40. The van der Waals surface area contributed by atoms with Crippen LogP contribution in [0.3, 0.4) is 0 Å². The largest absolute Gasteiger partial charge is 0.497 e. The molecular formula is C21H27NO4. The molecule has 0 heterocycles. The number of amides is 1. The molecule has 2 aromatic carbocycles. The number of benzene rings is 2. The lowest BCUT2D eigenvalue weighted by Gasteiger charge is -2.11. The molecule has 0 aliphatic rings. The van der Waals surface area contributed by atoms with Gasteiger partial charge < -0.3 is 19.5 Å². The molecule has 0 fully saturated rings. The molecule has 26 heavy (non-hydrogen) atoms. The molecule has 1 N–H and O–H groups in total. The monoisotopic (exact) mass is 357 g/mol. The minimum Gasteiger partial charge on any atom is -0.497 e. The normalized spacial score (nSPS) is 10.5. The van der Waals surface area contributed by atoms with Crippen LogP contribution in [0.15, 0.2) is 42.5 Å². The zero-order valence-corrected chi connectivity index (χ0v) is 15.9. The quantitative estimate of drug-likeness (QED) is 0.745. The SMILES string of the molecule is COc1ccc(CC(=O)NCc2ccc(OCC(C)C)cc2)c(OC)c1. The lowest BCUT2D eigenvalue weighted by Crippen LogP contribution is -2.24. The zero-order chi connectivity index (χ0) is 18.9. The molecule has 0 aliphatic carbocycles. The van der Waals surface area contributed by atoms with Crippen LogP contribution in [-0.2, 0) is 17.8 Å². The number of methoxy groups -OCH3 is 2. The summed E-state index contributed by atoms with van der Waals surface area (Å²) < 4.78 is 16.2. The van der Waals surface area contributed by atoms with Gasteiger partial charge in [0.15, 0.2) is 0 Å². The van der Waals surface area contributed by atoms with Crippen LogP contribution in [0.4, 0.5) is 0 Å². The molecule has 0 spiro atoms. The molecule has 0 aliphatic heterocycles. The molecule has 0 unspecified atom stereocenters. The first-order chi connectivity index (χ1) is 12.5. The Hall–Kier alpha value is -2.69. The summed E-state index contributed by atoms with van der Waals surface area (Å²) in [4.78, 5) is 12.2. The number of carbonyl (C=O) groups excluding carboxylic acids is 1. The van der Waals surface area contributed by atoms with Crippen LogP contribution < -0.4 is 19.5 Å². The maximum Gasteiger partial charge on any atom is 0.224 e. The van der Waals surface area contributed by atoms with Crippen LogP contribution in [0.2, 0.25) is 0 Å². The third kappa shape index (κ3) is 5.99. The molecule has 0 radical (unpaired) electrons. The summed E-state index contributed by atoms with van der Waals surface area (Å²) in [5, 5.41) is 2.93. The minimum absolute atomic E-state index is 0.0615. The van der Waals surface area contributed by atoms with Crippen molar-refractivity contribution in [3.8, 4) is 17.2 Å². The van der Waals surface area contributed by atoms with Crippen molar-refractivity contribution in [3.63, 3.8) is 0 Å². The second kappa shape index (κ2) is 9.70. The average molecular weight is 357 g/mol. The van der Waals surface area contributed by atoms with Gasteiger partial charge in [-0.3, -0.25) is 4.79 Å². The number of hydrogen-bond acceptors (Lipinski definition) is 4. The molecular weight excluding hydrogens is 330 g/mol. The summed E-state index contributed by atoms with van der Waals surface area (Å²) >= 11 is 0. The van der Waals surface area contributed by atoms with E-state index in [1.165, 1.54) is 0 Å². The Morgan fingerprint density at radius 1 is 1.00 bits per heavy atom. The molecule has 2 aromatic rings. The summed E-state index contributed by atoms with van der Waals surface area (Å²) in [6, 6.07) is 13.2. The number of rotatable bonds is 9. The third-order valence-electron chi connectivity index (χ3n) is 3.84. The van der Waals surface area contributed by atoms with Crippen molar-refractivity contribution in [1.29, 1.82) is 0 Å². The first kappa shape index (κ1) is 19.6. The highest BCUT2D eigenvalue weighted by Crippen LogP contribution is 2.24. The highest BCUT2D eigenvalue weighted by atomic mass is 16.5. The molecule has 0 atom stereocenters. The second-order valence-electron chi connectivity index (χ2n) is 6.48. The van der Waals surface area contributed by atoms with Crippen molar-refractivity contribution in [3.05, 3.63) is 53.6 Å². The number of hydrogen-bond donors (Lipinski definition) is 1. The zero-order valence-electron chi connectivity index (χ0n) is 15.9. The van der Waals surface area contributed by atoms with Gasteiger partial charge in [-0.1, -0.05) is 32.0 Å². The fraction of sp³-hybridized carbons (Fsp3) is 0.381. The Kier molecular flexibility index (Phi) is 7.33. The van der Waals surface area contributed by atoms with Crippen LogP contribution >= 0.6 is 0 Å². The summed E-state index contributed by atoms with van der Waals surface area (Å²) in [5.74, 6) is 2.62. The van der Waals surface area contributed by atoms with Gasteiger partial charge in [0.2, 0.25) is 5.91 Å². The van der Waals surface area contributed by atoms with E-state index in [2.05, 4.69) is 19.2 Å². The first-order valence-electron chi connectivity index (χ1n) is 8.71. The van der Waals surface area contributed by atoms with E-state index in [-0.39, 0.29) is 12.3 Å². The standard InChI is InChI=1S/C21H27NO4/c1-15(2)14-26-18-8-5-16(6-9-18)13-22-21(23)11-17-7-10-19(24-3)12-20(17)25-4/h5-10,12,15H,11,13-14H2,1-4H3,(H,22,23). The summed E-state index contributed by atoms with van der Waals surface area (Å²) in [7, 11) is 3.18. The molecule has 1 amide bonds. The third-order valence-corrected chi connectivity index (χ3v) is 3.84. The summed E-state index contributed by atoms with van der Waals surface area (Å²) in [6.07, 6.45) is 0.253. The van der Waals surface area contributed by atoms with Crippen molar-refractivity contribution in [1.82, 2.24) is 5.32 Å². The number of nitrogens with one attached hydrogen (secondary N) is 1. The Morgan fingerprint density at radius 3 is 2.31 bits per heavy atom. The summed E-state index contributed by atoms with van der Waals surface area (Å²) in [5.41, 5.74) is 1.85. The predicted octanol–water partition coefficient (Wildman–Crippen LogP) is 3.60. The molecule has 0 aromatic heterocycles. The van der Waals surface area contributed by atoms with E-state index in [1.807, 2.05) is 36.4 Å². The van der Waals surface area contributed by atoms with E-state index in [0.717, 1.165) is 16.9 Å². The van der Waals surface area contributed by atoms with E-state index in [0.29, 0.717) is 30.6 Å². The molecule has 5 heteroatoms. The van der Waals surface area contributed by atoms with Crippen LogP contribution in [0, 0.1) is 5.92 Å². The number of carbonyl (C=O) groups is 1. The molecule has 0 saturated heterocycles. The highest BCUT2D eigenvalue weighted by molar-refractivity contribution is 5.79. The highest BCUT2D eigenvalue weighted by Gasteiger charge is 2.10. The van der Waals surface area contributed by atoms with Crippen LogP contribution in [0.5, 0.6) is 17.2 Å². The Morgan fingerprint density at radius 2 is 1.69 bits per heavy atom. The lowest BCUT2D eigenvalue weighted by atomic mass is 10.1. The average Bonchev–Trinajstić information content (AvgIpc) is 2.65. The van der Waals surface area contributed by atoms with Crippen LogP contribution in [-0.4, -0.2) is 26.7 Å². The van der Waals surface area contributed by atoms with E-state index < -0.39 is 0 Å². The smallest absolute Gasteiger partial charge is 0.224 e. The molecule has 0 saturated carbocycles. The molecule has 140 valence electrons. The minimum atomic E-state index is -0.0615. The van der Waals surface area contributed by atoms with Gasteiger partial charge in [-0.05, 0) is 29.7 Å². The summed E-state index contributed by atoms with van der Waals surface area (Å²) in [6.45, 7) is 5.39. The van der Waals surface area contributed by atoms with Crippen LogP contribution in [0.25, 0.3) is 0 Å². The topological polar surface area (TPSA) is 56.8 Å². The Bertz CT molecular complexity index is 710. The van der Waals surface area contributed by atoms with Crippen LogP contribution in [0.1, 0.15) is 25.0 Å². The van der Waals surface area contributed by atoms with E-state index in [1.54, 1.807) is 20.3 Å². The van der Waals surface area contributed by atoms with Gasteiger partial charge in [0.1, 0.15) is 17.2 Å². The van der Waals surface area contributed by atoms with Gasteiger partial charge in [0.25, 0.3) is 0 Å². The van der Waals surface area contributed by atoms with Gasteiger partial charge >= 0.3 is 0 Å². The van der Waals surface area contributed by atoms with Gasteiger partial charge in [0, 0.05) is 18.2 Å². The molecule has 0 bridgehead atoms. The van der Waals surface area contributed by atoms with Crippen molar-refractivity contribution in [2.45, 2.75) is 26.8 Å². The predicted molar refractivity (Wildman–Crippen MR) is 102 cm³/mol. The molecule has 2 rings (SSSR count). The van der Waals surface area contributed by atoms with Crippen molar-refractivity contribution in [2.75, 3.05) is 20.8 Å². The van der Waals surface area contributed by atoms with E-state index in [4.69, 9.17) is 14.2 Å². The van der Waals surface area contributed by atoms with Gasteiger partial charge in [-0.2, -0.15) is 0 Å². The number of ether oxygens (including phenoxy) is 3. The van der Waals surface area contributed by atoms with E-state index in [9.17, 15) is 4.79 Å². The maximum atomic E-state index is 12.2. The molecule has 5 nitrogen and oxygen atoms in total. The van der Waals surface area contributed by atoms with Crippen molar-refractivity contribution < 1.29 is 19.0 Å². The van der Waals surface area contributed by atoms with Gasteiger partial charge in [0.05, 0.1) is 27.2 Å². The Balaban J connectivity index is 1.87. The fourth-order valence-corrected chi connectivity index (χ4v) is 2.40. The van der Waals surface area contributed by atoms with Gasteiger partial charge in [-0.15, -0.1) is 0 Å². The van der Waals surface area contributed by atoms with Crippen molar-refractivity contribution in [2.24, 2.45) is 5.92 Å². The second-order valence-corrected chi connectivity index (χ2v) is 6.48. The first-order valence-corrected chi connectivity index (χ1v) is 8.71. The maximum absolute atomic E-state index is 12.2.